The van der Waals surface area contributed by atoms with Crippen molar-refractivity contribution in [3.8, 4) is 11.4 Å². The quantitative estimate of drug-likeness (QED) is 0.203. The van der Waals surface area contributed by atoms with Crippen molar-refractivity contribution in [2.24, 2.45) is 5.10 Å². The Labute approximate surface area is 257 Å². The third-order valence-corrected chi connectivity index (χ3v) is 8.79. The molecule has 0 saturated heterocycles. The molecule has 0 fully saturated rings. The smallest absolute Gasteiger partial charge is 0.253 e. The number of rotatable bonds is 10. The van der Waals surface area contributed by atoms with Crippen molar-refractivity contribution in [1.29, 1.82) is 0 Å². The molecular formula is C32H28N6O3S2. The molecule has 5 aromatic rings. The predicted molar refractivity (Wildman–Crippen MR) is 168 cm³/mol. The molecular weight excluding hydrogens is 581 g/mol. The highest BCUT2D eigenvalue weighted by atomic mass is 32.2. The van der Waals surface area contributed by atoms with E-state index in [1.54, 1.807) is 35.6 Å². The molecule has 1 aliphatic rings. The lowest BCUT2D eigenvalue weighted by atomic mass is 10.0. The molecule has 11 heteroatoms. The average molecular weight is 609 g/mol. The number of amides is 2. The second-order valence-electron chi connectivity index (χ2n) is 9.66. The number of hydrazone groups is 1. The Bertz CT molecular complexity index is 1720. The normalized spacial score (nSPS) is 14.4. The van der Waals surface area contributed by atoms with E-state index < -0.39 is 0 Å². The van der Waals surface area contributed by atoms with Crippen LogP contribution in [0.5, 0.6) is 5.75 Å². The Balaban J connectivity index is 1.22. The molecule has 2 amide bonds. The summed E-state index contributed by atoms with van der Waals surface area (Å²) in [6.45, 7) is 0.171. The highest BCUT2D eigenvalue weighted by Gasteiger charge is 2.33. The lowest BCUT2D eigenvalue weighted by Gasteiger charge is -2.22. The molecule has 0 bridgehead atoms. The van der Waals surface area contributed by atoms with Gasteiger partial charge in [0.15, 0.2) is 11.0 Å². The van der Waals surface area contributed by atoms with E-state index in [9.17, 15) is 9.59 Å². The Kier molecular flexibility index (Phi) is 8.62. The molecule has 0 aliphatic carbocycles. The third kappa shape index (κ3) is 6.37. The van der Waals surface area contributed by atoms with E-state index in [1.807, 2.05) is 94.9 Å². The van der Waals surface area contributed by atoms with E-state index in [4.69, 9.17) is 9.84 Å². The first-order valence-corrected chi connectivity index (χ1v) is 15.5. The SMILES string of the molecule is COc1ccc(C2CC(c3cccs3)=NN2C(=O)CSc2nnc(CNC(=O)c3ccccc3)n2-c2ccccc2)cc1. The topological polar surface area (TPSA) is 102 Å². The molecule has 3 heterocycles. The number of para-hydroxylation sites is 1. The highest BCUT2D eigenvalue weighted by Crippen LogP contribution is 2.35. The van der Waals surface area contributed by atoms with Gasteiger partial charge in [-0.3, -0.25) is 14.2 Å². The second kappa shape index (κ2) is 13.1. The highest BCUT2D eigenvalue weighted by molar-refractivity contribution is 7.99. The van der Waals surface area contributed by atoms with Crippen LogP contribution in [0.25, 0.3) is 5.69 Å². The van der Waals surface area contributed by atoms with Gasteiger partial charge in [0.05, 0.1) is 36.0 Å². The molecule has 6 rings (SSSR count). The summed E-state index contributed by atoms with van der Waals surface area (Å²) < 4.78 is 7.20. The van der Waals surface area contributed by atoms with Gasteiger partial charge in [-0.25, -0.2) is 5.01 Å². The fraction of sp³-hybridized carbons (Fsp3) is 0.156. The van der Waals surface area contributed by atoms with Crippen molar-refractivity contribution in [1.82, 2.24) is 25.1 Å². The van der Waals surface area contributed by atoms with E-state index in [1.165, 1.54) is 11.8 Å². The van der Waals surface area contributed by atoms with Crippen molar-refractivity contribution in [3.05, 3.63) is 124 Å². The lowest BCUT2D eigenvalue weighted by molar-refractivity contribution is -0.130. The summed E-state index contributed by atoms with van der Waals surface area (Å²) in [4.78, 5) is 27.5. The average Bonchev–Trinajstić information content (AvgIpc) is 3.84. The molecule has 1 aliphatic heterocycles. The molecule has 1 N–H and O–H groups in total. The first-order valence-electron chi connectivity index (χ1n) is 13.6. The zero-order chi connectivity index (χ0) is 29.6. The molecule has 0 spiro atoms. The number of nitrogens with one attached hydrogen (secondary N) is 1. The minimum absolute atomic E-state index is 0.106. The van der Waals surface area contributed by atoms with Gasteiger partial charge in [-0.2, -0.15) is 5.10 Å². The van der Waals surface area contributed by atoms with Crippen LogP contribution in [0.3, 0.4) is 0 Å². The largest absolute Gasteiger partial charge is 0.497 e. The van der Waals surface area contributed by atoms with Crippen LogP contribution < -0.4 is 10.1 Å². The number of hydrogen-bond donors (Lipinski definition) is 1. The standard InChI is InChI=1S/C32H28N6O3S2/c1-41-25-16-14-22(15-17-25)27-19-26(28-13-8-18-42-28)36-38(27)30(39)21-43-32-35-34-29(37(32)24-11-6-3-7-12-24)20-33-31(40)23-9-4-2-5-10-23/h2-18,27H,19-21H2,1H3,(H,33,40). The summed E-state index contributed by atoms with van der Waals surface area (Å²) in [5.41, 5.74) is 3.27. The Morgan fingerprint density at radius 2 is 1.70 bits per heavy atom. The Hall–Kier alpha value is -4.74. The molecule has 0 radical (unpaired) electrons. The van der Waals surface area contributed by atoms with Crippen LogP contribution in [0.15, 0.2) is 113 Å². The number of carbonyl (C=O) groups is 2. The summed E-state index contributed by atoms with van der Waals surface area (Å²) in [6.07, 6.45) is 0.620. The first-order chi connectivity index (χ1) is 21.1. The van der Waals surface area contributed by atoms with Crippen LogP contribution in [0.4, 0.5) is 0 Å². The number of methoxy groups -OCH3 is 1. The zero-order valence-electron chi connectivity index (χ0n) is 23.3. The minimum Gasteiger partial charge on any atom is -0.497 e. The van der Waals surface area contributed by atoms with Gasteiger partial charge >= 0.3 is 0 Å². The van der Waals surface area contributed by atoms with E-state index in [2.05, 4.69) is 15.5 Å². The number of benzene rings is 3. The minimum atomic E-state index is -0.230. The molecule has 43 heavy (non-hydrogen) atoms. The van der Waals surface area contributed by atoms with Crippen molar-refractivity contribution in [2.75, 3.05) is 12.9 Å². The van der Waals surface area contributed by atoms with Crippen molar-refractivity contribution >= 4 is 40.6 Å². The van der Waals surface area contributed by atoms with Gasteiger partial charge in [-0.15, -0.1) is 21.5 Å². The van der Waals surface area contributed by atoms with Gasteiger partial charge < -0.3 is 10.1 Å². The maximum atomic E-state index is 13.7. The number of thioether (sulfide) groups is 1. The summed E-state index contributed by atoms with van der Waals surface area (Å²) in [6, 6.07) is 30.2. The van der Waals surface area contributed by atoms with Crippen LogP contribution in [0, 0.1) is 0 Å². The summed E-state index contributed by atoms with van der Waals surface area (Å²) >= 11 is 2.90. The maximum Gasteiger partial charge on any atom is 0.253 e. The Morgan fingerprint density at radius 3 is 2.40 bits per heavy atom. The van der Waals surface area contributed by atoms with Crippen molar-refractivity contribution in [2.45, 2.75) is 24.2 Å². The fourth-order valence-electron chi connectivity index (χ4n) is 4.81. The summed E-state index contributed by atoms with van der Waals surface area (Å²) in [7, 11) is 1.63. The van der Waals surface area contributed by atoms with Gasteiger partial charge in [0.25, 0.3) is 11.8 Å². The molecule has 216 valence electrons. The lowest BCUT2D eigenvalue weighted by Crippen LogP contribution is -2.28. The molecule has 9 nitrogen and oxygen atoms in total. The number of nitrogens with zero attached hydrogens (tertiary/aromatic N) is 5. The fourth-order valence-corrected chi connectivity index (χ4v) is 6.35. The van der Waals surface area contributed by atoms with Gasteiger partial charge in [0.1, 0.15) is 5.75 Å². The summed E-state index contributed by atoms with van der Waals surface area (Å²) in [5.74, 6) is 1.07. The summed E-state index contributed by atoms with van der Waals surface area (Å²) in [5, 5.41) is 20.6. The zero-order valence-corrected chi connectivity index (χ0v) is 24.9. The third-order valence-electron chi connectivity index (χ3n) is 6.95. The molecule has 3 aromatic carbocycles. The van der Waals surface area contributed by atoms with Crippen LogP contribution in [-0.2, 0) is 11.3 Å². The van der Waals surface area contributed by atoms with E-state index in [0.717, 1.165) is 27.6 Å². The molecule has 0 saturated carbocycles. The van der Waals surface area contributed by atoms with Gasteiger partial charge in [0, 0.05) is 17.7 Å². The van der Waals surface area contributed by atoms with Gasteiger partial charge in [-0.1, -0.05) is 66.4 Å². The van der Waals surface area contributed by atoms with Crippen LogP contribution in [-0.4, -0.2) is 50.2 Å². The van der Waals surface area contributed by atoms with E-state index >= 15 is 0 Å². The van der Waals surface area contributed by atoms with Crippen LogP contribution in [0.1, 0.15) is 39.1 Å². The number of carbonyl (C=O) groups excluding carboxylic acids is 2. The van der Waals surface area contributed by atoms with E-state index in [-0.39, 0.29) is 30.2 Å². The van der Waals surface area contributed by atoms with Gasteiger partial charge in [-0.05, 0) is 53.4 Å². The first kappa shape index (κ1) is 28.4. The maximum absolute atomic E-state index is 13.7. The number of ether oxygens (including phenoxy) is 1. The van der Waals surface area contributed by atoms with Gasteiger partial charge in [0.2, 0.25) is 0 Å². The predicted octanol–water partition coefficient (Wildman–Crippen LogP) is 5.74. The van der Waals surface area contributed by atoms with Crippen LogP contribution in [0.2, 0.25) is 0 Å². The van der Waals surface area contributed by atoms with Crippen molar-refractivity contribution in [3.63, 3.8) is 0 Å². The van der Waals surface area contributed by atoms with E-state index in [0.29, 0.717) is 23.0 Å². The monoisotopic (exact) mass is 608 g/mol. The molecule has 1 unspecified atom stereocenters. The Morgan fingerprint density at radius 1 is 0.953 bits per heavy atom. The van der Waals surface area contributed by atoms with Crippen molar-refractivity contribution < 1.29 is 14.3 Å². The number of hydrogen-bond acceptors (Lipinski definition) is 8. The number of thiophene rings is 1. The number of aromatic nitrogens is 3. The molecule has 2 aromatic heterocycles. The molecule has 1 atom stereocenters. The van der Waals surface area contributed by atoms with Crippen LogP contribution >= 0.6 is 23.1 Å². The second-order valence-corrected chi connectivity index (χ2v) is 11.6.